The first-order chi connectivity index (χ1) is 27.1. The number of aromatic nitrogens is 3. The van der Waals surface area contributed by atoms with Gasteiger partial charge in [-0.05, 0) is 99.5 Å². The predicted octanol–water partition coefficient (Wildman–Crippen LogP) is 6.70. The molecule has 2 atom stereocenters. The van der Waals surface area contributed by atoms with Crippen molar-refractivity contribution in [1.29, 1.82) is 0 Å². The number of piperazine rings is 1. The lowest BCUT2D eigenvalue weighted by Crippen LogP contribution is -2.53. The van der Waals surface area contributed by atoms with Crippen molar-refractivity contribution in [2.24, 2.45) is 5.73 Å². The lowest BCUT2D eigenvalue weighted by atomic mass is 9.97. The number of ether oxygens (including phenoxy) is 1. The molecule has 2 aliphatic heterocycles. The van der Waals surface area contributed by atoms with Crippen LogP contribution in [0.4, 0.5) is 5.69 Å². The Balaban J connectivity index is 1.27. The highest BCUT2D eigenvalue weighted by molar-refractivity contribution is 5.99. The summed E-state index contributed by atoms with van der Waals surface area (Å²) < 4.78 is 7.63. The van der Waals surface area contributed by atoms with Gasteiger partial charge in [-0.1, -0.05) is 48.9 Å². The fourth-order valence-corrected chi connectivity index (χ4v) is 8.48. The van der Waals surface area contributed by atoms with E-state index in [-0.39, 0.29) is 11.9 Å². The second-order valence-corrected chi connectivity index (χ2v) is 15.7. The van der Waals surface area contributed by atoms with Crippen LogP contribution in [0.1, 0.15) is 89.2 Å². The molecule has 7 rings (SSSR count). The van der Waals surface area contributed by atoms with E-state index in [9.17, 15) is 9.59 Å². The number of benzene rings is 3. The predicted molar refractivity (Wildman–Crippen MR) is 223 cm³/mol. The lowest BCUT2D eigenvalue weighted by molar-refractivity contribution is 0.0729. The molecule has 11 heteroatoms. The Morgan fingerprint density at radius 1 is 0.929 bits per heavy atom. The summed E-state index contributed by atoms with van der Waals surface area (Å²) in [6.45, 7) is 16.5. The molecule has 11 nitrogen and oxygen atoms in total. The first kappa shape index (κ1) is 39.1. The van der Waals surface area contributed by atoms with Crippen LogP contribution in [-0.2, 0) is 37.3 Å². The zero-order valence-corrected chi connectivity index (χ0v) is 33.5. The smallest absolute Gasteiger partial charge is 0.254 e. The van der Waals surface area contributed by atoms with Crippen molar-refractivity contribution in [2.45, 2.75) is 98.2 Å². The average Bonchev–Trinajstić information content (AvgIpc) is 3.61. The minimum atomic E-state index is -0.573. The van der Waals surface area contributed by atoms with Crippen LogP contribution in [0.2, 0.25) is 0 Å². The molecule has 0 unspecified atom stereocenters. The van der Waals surface area contributed by atoms with E-state index in [0.29, 0.717) is 62.5 Å². The van der Waals surface area contributed by atoms with Gasteiger partial charge in [0.15, 0.2) is 5.65 Å². The van der Waals surface area contributed by atoms with Crippen molar-refractivity contribution in [1.82, 2.24) is 29.9 Å². The minimum absolute atomic E-state index is 0.193. The van der Waals surface area contributed by atoms with E-state index in [1.165, 1.54) is 5.56 Å². The molecule has 0 radical (unpaired) electrons. The van der Waals surface area contributed by atoms with Gasteiger partial charge in [0.2, 0.25) is 5.91 Å². The number of rotatable bonds is 13. The lowest BCUT2D eigenvalue weighted by Gasteiger charge is -2.36. The van der Waals surface area contributed by atoms with Gasteiger partial charge < -0.3 is 26.0 Å². The van der Waals surface area contributed by atoms with Crippen LogP contribution in [0, 0.1) is 6.92 Å². The number of amides is 2. The minimum Gasteiger partial charge on any atom is -0.381 e. The van der Waals surface area contributed by atoms with Gasteiger partial charge in [0.1, 0.15) is 0 Å². The number of pyridine rings is 1. The van der Waals surface area contributed by atoms with E-state index in [1.54, 1.807) is 24.3 Å². The number of fused-ring (bicyclic) bond motifs is 1. The largest absolute Gasteiger partial charge is 0.381 e. The maximum Gasteiger partial charge on any atom is 0.254 e. The van der Waals surface area contributed by atoms with Crippen LogP contribution in [0.5, 0.6) is 0 Å². The van der Waals surface area contributed by atoms with Gasteiger partial charge in [-0.2, -0.15) is 5.10 Å². The third-order valence-electron chi connectivity index (χ3n) is 11.0. The Labute approximate surface area is 330 Å². The number of carbonyl (C=O) groups excluding carboxylic acids is 2. The molecule has 2 fully saturated rings. The van der Waals surface area contributed by atoms with E-state index >= 15 is 0 Å². The Morgan fingerprint density at radius 3 is 2.39 bits per heavy atom. The highest BCUT2D eigenvalue weighted by Crippen LogP contribution is 2.34. The van der Waals surface area contributed by atoms with Crippen molar-refractivity contribution in [3.63, 3.8) is 0 Å². The van der Waals surface area contributed by atoms with Crippen LogP contribution in [0.25, 0.3) is 22.2 Å². The summed E-state index contributed by atoms with van der Waals surface area (Å²) in [6.07, 6.45) is 4.34. The zero-order valence-electron chi connectivity index (χ0n) is 33.5. The molecule has 2 aliphatic rings. The van der Waals surface area contributed by atoms with Crippen molar-refractivity contribution < 1.29 is 14.3 Å². The maximum absolute atomic E-state index is 14.8. The van der Waals surface area contributed by atoms with Crippen LogP contribution < -0.4 is 16.4 Å². The SMILES string of the molecule is CCc1nc2c(cnn2CC)c(NC2CCOCC2)c1CN(Cc1cc(C)cc(-c2cccc(CN3C[C@@H](C)N[C@@H](C)C3)c2)c1)C(=O)c1cccc(C(N)=O)c1. The van der Waals surface area contributed by atoms with Crippen molar-refractivity contribution in [3.05, 3.63) is 112 Å². The third kappa shape index (κ3) is 8.96. The maximum atomic E-state index is 14.8. The van der Waals surface area contributed by atoms with Crippen molar-refractivity contribution >= 4 is 28.5 Å². The van der Waals surface area contributed by atoms with Gasteiger partial charge in [-0.25, -0.2) is 9.67 Å². The molecule has 2 aromatic heterocycles. The molecule has 0 spiro atoms. The quantitative estimate of drug-likeness (QED) is 0.121. The number of nitrogens with two attached hydrogens (primary N) is 1. The molecule has 0 bridgehead atoms. The standard InChI is InChI=1S/C45H56N8O3/c1-6-41-40(42(49-38-14-16-56-17-15-38)39-23-47-53(7-2)44(39)50-41)28-52(45(55)36-13-9-12-35(22-36)43(46)54)27-33-18-29(3)19-37(21-33)34-11-8-10-32(20-34)26-51-24-30(4)48-31(5)25-51/h8-13,18-23,30-31,38,48H,6-7,14-17,24-28H2,1-5H3,(H2,46,54)(H,49,50)/t30-,31+. The Morgan fingerprint density at radius 2 is 1.66 bits per heavy atom. The number of nitrogens with one attached hydrogen (secondary N) is 2. The molecule has 56 heavy (non-hydrogen) atoms. The topological polar surface area (TPSA) is 131 Å². The van der Waals surface area contributed by atoms with E-state index in [0.717, 1.165) is 82.7 Å². The summed E-state index contributed by atoms with van der Waals surface area (Å²) in [4.78, 5) is 36.6. The van der Waals surface area contributed by atoms with Crippen molar-refractivity contribution in [2.75, 3.05) is 31.6 Å². The normalized spacial score (nSPS) is 17.9. The number of hydrogen-bond acceptors (Lipinski definition) is 8. The van der Waals surface area contributed by atoms with Gasteiger partial charge in [-0.15, -0.1) is 0 Å². The molecule has 0 saturated carbocycles. The Bertz CT molecular complexity index is 2180. The number of nitrogens with zero attached hydrogens (tertiary/aromatic N) is 5. The van der Waals surface area contributed by atoms with E-state index < -0.39 is 5.91 Å². The first-order valence-corrected chi connectivity index (χ1v) is 20.2. The first-order valence-electron chi connectivity index (χ1n) is 20.2. The fourth-order valence-electron chi connectivity index (χ4n) is 8.48. The summed E-state index contributed by atoms with van der Waals surface area (Å²) in [5, 5.41) is 13.1. The number of hydrogen-bond donors (Lipinski definition) is 3. The third-order valence-corrected chi connectivity index (χ3v) is 11.0. The molecule has 2 amide bonds. The molecular weight excluding hydrogens is 701 g/mol. The van der Waals surface area contributed by atoms with E-state index in [4.69, 9.17) is 20.6 Å². The molecular formula is C45H56N8O3. The van der Waals surface area contributed by atoms with Gasteiger partial charge in [0, 0.05) is 86.4 Å². The van der Waals surface area contributed by atoms with Gasteiger partial charge >= 0.3 is 0 Å². The second kappa shape index (κ2) is 17.4. The summed E-state index contributed by atoms with van der Waals surface area (Å²) in [6, 6.07) is 23.2. The van der Waals surface area contributed by atoms with Crippen LogP contribution >= 0.6 is 0 Å². The average molecular weight is 757 g/mol. The van der Waals surface area contributed by atoms with Crippen molar-refractivity contribution in [3.8, 4) is 11.1 Å². The Kier molecular flexibility index (Phi) is 12.1. The molecule has 4 N–H and O–H groups in total. The molecule has 4 heterocycles. The summed E-state index contributed by atoms with van der Waals surface area (Å²) >= 11 is 0. The molecule has 3 aromatic carbocycles. The van der Waals surface area contributed by atoms with Crippen LogP contribution in [-0.4, -0.2) is 80.8 Å². The zero-order chi connectivity index (χ0) is 39.3. The molecule has 294 valence electrons. The van der Waals surface area contributed by atoms with Crippen LogP contribution in [0.3, 0.4) is 0 Å². The van der Waals surface area contributed by atoms with E-state index in [1.807, 2.05) is 15.8 Å². The monoisotopic (exact) mass is 756 g/mol. The summed E-state index contributed by atoms with van der Waals surface area (Å²) in [5.74, 6) is -0.766. The number of aryl methyl sites for hydroxylation is 3. The summed E-state index contributed by atoms with van der Waals surface area (Å²) in [7, 11) is 0. The molecule has 0 aliphatic carbocycles. The Hall–Kier alpha value is -5.10. The van der Waals surface area contributed by atoms with Gasteiger partial charge in [-0.3, -0.25) is 14.5 Å². The molecule has 5 aromatic rings. The highest BCUT2D eigenvalue weighted by Gasteiger charge is 2.26. The van der Waals surface area contributed by atoms with Crippen LogP contribution in [0.15, 0.2) is 72.9 Å². The van der Waals surface area contributed by atoms with Gasteiger partial charge in [0.25, 0.3) is 5.91 Å². The van der Waals surface area contributed by atoms with Gasteiger partial charge in [0.05, 0.1) is 23.8 Å². The molecule has 2 saturated heterocycles. The highest BCUT2D eigenvalue weighted by atomic mass is 16.5. The number of primary amides is 1. The number of anilines is 1. The summed E-state index contributed by atoms with van der Waals surface area (Å²) in [5.41, 5.74) is 15.7. The second-order valence-electron chi connectivity index (χ2n) is 15.7. The number of carbonyl (C=O) groups is 2. The fraction of sp³-hybridized carbons (Fsp3) is 0.422. The van der Waals surface area contributed by atoms with E-state index in [2.05, 4.69) is 92.6 Å².